The van der Waals surface area contributed by atoms with Gasteiger partial charge < -0.3 is 10.1 Å². The molecule has 1 aliphatic rings. The maximum atomic E-state index is 13.1. The maximum Gasteiger partial charge on any atom is 0.265 e. The number of anilines is 1. The molecule has 1 aromatic carbocycles. The van der Waals surface area contributed by atoms with E-state index in [9.17, 15) is 13.2 Å². The lowest BCUT2D eigenvalue weighted by Gasteiger charge is -2.21. The molecule has 0 saturated heterocycles. The number of carbonyl (C=O) groups is 1. The molecule has 29 heavy (non-hydrogen) atoms. The minimum absolute atomic E-state index is 0.0753. The summed E-state index contributed by atoms with van der Waals surface area (Å²) in [6.07, 6.45) is 4.38. The maximum absolute atomic E-state index is 13.1. The highest BCUT2D eigenvalue weighted by molar-refractivity contribution is 7.89. The van der Waals surface area contributed by atoms with Crippen molar-refractivity contribution in [3.05, 3.63) is 39.6 Å². The van der Waals surface area contributed by atoms with E-state index in [0.29, 0.717) is 36.0 Å². The van der Waals surface area contributed by atoms with Crippen LogP contribution in [0.2, 0.25) is 0 Å². The SMILES string of the molecule is CCOc1ccc(NC(=O)c2cc3c(s2)CCCC3)cc1S(=O)(=O)N(CC)CC. The first kappa shape index (κ1) is 21.8. The van der Waals surface area contributed by atoms with Crippen LogP contribution in [0, 0.1) is 0 Å². The zero-order valence-electron chi connectivity index (χ0n) is 17.2. The molecule has 158 valence electrons. The van der Waals surface area contributed by atoms with Crippen LogP contribution in [0.4, 0.5) is 5.69 Å². The topological polar surface area (TPSA) is 75.7 Å². The number of nitrogens with one attached hydrogen (secondary N) is 1. The number of aryl methyl sites for hydroxylation is 2. The van der Waals surface area contributed by atoms with Crippen LogP contribution in [-0.2, 0) is 22.9 Å². The second kappa shape index (κ2) is 9.28. The molecule has 2 aromatic rings. The van der Waals surface area contributed by atoms with E-state index in [-0.39, 0.29) is 10.8 Å². The highest BCUT2D eigenvalue weighted by atomic mass is 32.2. The van der Waals surface area contributed by atoms with Gasteiger partial charge in [0.25, 0.3) is 5.91 Å². The van der Waals surface area contributed by atoms with Gasteiger partial charge in [0.1, 0.15) is 10.6 Å². The van der Waals surface area contributed by atoms with Gasteiger partial charge in [0.2, 0.25) is 10.0 Å². The Balaban J connectivity index is 1.90. The molecule has 1 amide bonds. The number of sulfonamides is 1. The fraction of sp³-hybridized carbons (Fsp3) is 0.476. The second-order valence-corrected chi connectivity index (χ2v) is 9.95. The van der Waals surface area contributed by atoms with E-state index < -0.39 is 10.0 Å². The Hall–Kier alpha value is -1.90. The van der Waals surface area contributed by atoms with Gasteiger partial charge in [0.15, 0.2) is 0 Å². The van der Waals surface area contributed by atoms with Crippen molar-refractivity contribution in [3.63, 3.8) is 0 Å². The van der Waals surface area contributed by atoms with Gasteiger partial charge in [-0.15, -0.1) is 11.3 Å². The average molecular weight is 437 g/mol. The minimum Gasteiger partial charge on any atom is -0.492 e. The third kappa shape index (κ3) is 4.65. The Morgan fingerprint density at radius 1 is 1.14 bits per heavy atom. The molecule has 0 spiro atoms. The molecule has 0 atom stereocenters. The molecule has 6 nitrogen and oxygen atoms in total. The first-order valence-corrected chi connectivity index (χ1v) is 12.4. The number of rotatable bonds is 8. The van der Waals surface area contributed by atoms with E-state index in [1.54, 1.807) is 26.0 Å². The molecular weight excluding hydrogens is 408 g/mol. The highest BCUT2D eigenvalue weighted by Gasteiger charge is 2.26. The number of thiophene rings is 1. The Bertz CT molecular complexity index is 955. The zero-order chi connectivity index (χ0) is 21.0. The largest absolute Gasteiger partial charge is 0.492 e. The Morgan fingerprint density at radius 3 is 2.52 bits per heavy atom. The third-order valence-corrected chi connectivity index (χ3v) is 8.35. The van der Waals surface area contributed by atoms with Crippen LogP contribution in [0.3, 0.4) is 0 Å². The highest BCUT2D eigenvalue weighted by Crippen LogP contribution is 2.32. The normalized spacial score (nSPS) is 13.9. The molecule has 0 unspecified atom stereocenters. The predicted molar refractivity (Wildman–Crippen MR) is 117 cm³/mol. The van der Waals surface area contributed by atoms with E-state index in [1.165, 1.54) is 38.6 Å². The van der Waals surface area contributed by atoms with Gasteiger partial charge in [0, 0.05) is 23.7 Å². The Morgan fingerprint density at radius 2 is 1.86 bits per heavy atom. The summed E-state index contributed by atoms with van der Waals surface area (Å²) in [4.78, 5) is 14.8. The van der Waals surface area contributed by atoms with Crippen molar-refractivity contribution in [1.29, 1.82) is 0 Å². The van der Waals surface area contributed by atoms with Gasteiger partial charge >= 0.3 is 0 Å². The van der Waals surface area contributed by atoms with Crippen LogP contribution >= 0.6 is 11.3 Å². The lowest BCUT2D eigenvalue weighted by molar-refractivity contribution is 0.103. The van der Waals surface area contributed by atoms with E-state index in [4.69, 9.17) is 4.74 Å². The summed E-state index contributed by atoms with van der Waals surface area (Å²) in [5.41, 5.74) is 1.71. The van der Waals surface area contributed by atoms with Crippen molar-refractivity contribution in [1.82, 2.24) is 4.31 Å². The van der Waals surface area contributed by atoms with E-state index in [2.05, 4.69) is 5.32 Å². The number of nitrogens with zero attached hydrogens (tertiary/aromatic N) is 1. The Labute approximate surface area is 176 Å². The monoisotopic (exact) mass is 436 g/mol. The molecule has 0 fully saturated rings. The summed E-state index contributed by atoms with van der Waals surface area (Å²) in [6, 6.07) is 6.74. The molecule has 1 heterocycles. The summed E-state index contributed by atoms with van der Waals surface area (Å²) in [7, 11) is -3.72. The van der Waals surface area contributed by atoms with Crippen LogP contribution in [0.15, 0.2) is 29.2 Å². The zero-order valence-corrected chi connectivity index (χ0v) is 18.8. The molecule has 1 aromatic heterocycles. The smallest absolute Gasteiger partial charge is 0.265 e. The summed E-state index contributed by atoms with van der Waals surface area (Å²) in [5.74, 6) is 0.0868. The fourth-order valence-corrected chi connectivity index (χ4v) is 6.32. The van der Waals surface area contributed by atoms with Gasteiger partial charge in [0.05, 0.1) is 11.5 Å². The van der Waals surface area contributed by atoms with Gasteiger partial charge in [-0.05, 0) is 62.4 Å². The van der Waals surface area contributed by atoms with Gasteiger partial charge in [-0.1, -0.05) is 13.8 Å². The molecule has 0 saturated carbocycles. The molecular formula is C21H28N2O4S2. The number of amides is 1. The molecule has 0 radical (unpaired) electrons. The molecule has 3 rings (SSSR count). The van der Waals surface area contributed by atoms with Crippen molar-refractivity contribution in [2.75, 3.05) is 25.0 Å². The molecule has 0 bridgehead atoms. The van der Waals surface area contributed by atoms with Gasteiger partial charge in [-0.2, -0.15) is 4.31 Å². The predicted octanol–water partition coefficient (Wildman–Crippen LogP) is 4.31. The molecule has 0 aliphatic heterocycles. The number of hydrogen-bond acceptors (Lipinski definition) is 5. The van der Waals surface area contributed by atoms with Crippen LogP contribution in [0.5, 0.6) is 5.75 Å². The average Bonchev–Trinajstić information content (AvgIpc) is 3.14. The Kier molecular flexibility index (Phi) is 6.97. The minimum atomic E-state index is -3.72. The number of ether oxygens (including phenoxy) is 1. The third-order valence-electron chi connectivity index (χ3n) is 5.05. The quantitative estimate of drug-likeness (QED) is 0.669. The standard InChI is InChI=1S/C21H28N2O4S2/c1-4-23(5-2)29(25,26)20-14-16(11-12-17(20)27-6-3)22-21(24)19-13-15-9-7-8-10-18(15)28-19/h11-14H,4-10H2,1-3H3,(H,22,24). The van der Waals surface area contributed by atoms with Crippen LogP contribution < -0.4 is 10.1 Å². The molecule has 8 heteroatoms. The van der Waals surface area contributed by atoms with Crippen LogP contribution in [0.25, 0.3) is 0 Å². The molecule has 1 aliphatic carbocycles. The van der Waals surface area contributed by atoms with E-state index in [0.717, 1.165) is 19.3 Å². The number of hydrogen-bond donors (Lipinski definition) is 1. The van der Waals surface area contributed by atoms with Gasteiger partial charge in [-0.3, -0.25) is 4.79 Å². The number of carbonyl (C=O) groups excluding carboxylic acids is 1. The van der Waals surface area contributed by atoms with Crippen molar-refractivity contribution >= 4 is 33.0 Å². The van der Waals surface area contributed by atoms with Gasteiger partial charge in [-0.25, -0.2) is 8.42 Å². The van der Waals surface area contributed by atoms with Crippen molar-refractivity contribution in [2.45, 2.75) is 51.3 Å². The van der Waals surface area contributed by atoms with Crippen LogP contribution in [0.1, 0.15) is 53.7 Å². The van der Waals surface area contributed by atoms with Crippen molar-refractivity contribution < 1.29 is 17.9 Å². The van der Waals surface area contributed by atoms with Crippen molar-refractivity contribution in [2.24, 2.45) is 0 Å². The summed E-state index contributed by atoms with van der Waals surface area (Å²) >= 11 is 1.53. The first-order valence-electron chi connectivity index (χ1n) is 10.1. The van der Waals surface area contributed by atoms with E-state index in [1.807, 2.05) is 13.0 Å². The van der Waals surface area contributed by atoms with E-state index >= 15 is 0 Å². The summed E-state index contributed by atoms with van der Waals surface area (Å²) in [5, 5.41) is 2.86. The second-order valence-electron chi connectivity index (χ2n) is 6.90. The summed E-state index contributed by atoms with van der Waals surface area (Å²) in [6.45, 7) is 6.48. The lowest BCUT2D eigenvalue weighted by Crippen LogP contribution is -2.31. The fourth-order valence-electron chi connectivity index (χ4n) is 3.56. The molecule has 1 N–H and O–H groups in total. The number of fused-ring (bicyclic) bond motifs is 1. The summed E-state index contributed by atoms with van der Waals surface area (Å²) < 4.78 is 33.1. The number of benzene rings is 1. The first-order chi connectivity index (χ1) is 13.9. The lowest BCUT2D eigenvalue weighted by atomic mass is 9.99. The van der Waals surface area contributed by atoms with Crippen molar-refractivity contribution in [3.8, 4) is 5.75 Å². The van der Waals surface area contributed by atoms with Crippen LogP contribution in [-0.4, -0.2) is 38.3 Å².